The Morgan fingerprint density at radius 3 is 2.86 bits per heavy atom. The van der Waals surface area contributed by atoms with Gasteiger partial charge >= 0.3 is 0 Å². The van der Waals surface area contributed by atoms with Crippen molar-refractivity contribution in [1.82, 2.24) is 25.3 Å². The number of benzene rings is 1. The first kappa shape index (κ1) is 13.4. The van der Waals surface area contributed by atoms with E-state index in [1.807, 2.05) is 19.2 Å². The molecule has 5 nitrogen and oxygen atoms in total. The topological polar surface area (TPSA) is 55.6 Å². The zero-order valence-electron chi connectivity index (χ0n) is 12.7. The van der Waals surface area contributed by atoms with Gasteiger partial charge in [0.1, 0.15) is 5.52 Å². The molecule has 0 saturated carbocycles. The molecule has 1 aliphatic heterocycles. The molecule has 2 aromatic heterocycles. The van der Waals surface area contributed by atoms with Crippen LogP contribution >= 0.6 is 0 Å². The van der Waals surface area contributed by atoms with E-state index >= 15 is 0 Å². The molecule has 112 valence electrons. The maximum Gasteiger partial charge on any atom is 0.113 e. The molecular weight excluding hydrogens is 274 g/mol. The molecule has 3 heterocycles. The molecule has 1 fully saturated rings. The Labute approximate surface area is 129 Å². The molecule has 1 aliphatic rings. The predicted molar refractivity (Wildman–Crippen MR) is 86.6 cm³/mol. The summed E-state index contributed by atoms with van der Waals surface area (Å²) in [4.78, 5) is 4.37. The monoisotopic (exact) mass is 293 g/mol. The molecule has 3 aromatic rings. The maximum absolute atomic E-state index is 4.40. The van der Waals surface area contributed by atoms with E-state index in [0.717, 1.165) is 53.8 Å². The Bertz CT molecular complexity index is 802. The van der Waals surface area contributed by atoms with Crippen LogP contribution in [0.3, 0.4) is 0 Å². The second-order valence-electron chi connectivity index (χ2n) is 5.86. The Hall–Kier alpha value is -2.27. The van der Waals surface area contributed by atoms with E-state index < -0.39 is 0 Å². The van der Waals surface area contributed by atoms with Gasteiger partial charge < -0.3 is 5.32 Å². The van der Waals surface area contributed by atoms with Gasteiger partial charge in [-0.2, -0.15) is 0 Å². The van der Waals surface area contributed by atoms with Crippen LogP contribution in [-0.4, -0.2) is 33.1 Å². The molecule has 0 bridgehead atoms. The average Bonchev–Trinajstić information content (AvgIpc) is 2.99. The van der Waals surface area contributed by atoms with Crippen LogP contribution < -0.4 is 5.32 Å². The third-order valence-electron chi connectivity index (χ3n) is 4.44. The van der Waals surface area contributed by atoms with Crippen molar-refractivity contribution < 1.29 is 0 Å². The highest BCUT2D eigenvalue weighted by Gasteiger charge is 2.18. The fourth-order valence-electron chi connectivity index (χ4n) is 3.22. The van der Waals surface area contributed by atoms with Crippen LogP contribution in [0, 0.1) is 6.92 Å². The van der Waals surface area contributed by atoms with Crippen LogP contribution in [0.15, 0.2) is 36.5 Å². The van der Waals surface area contributed by atoms with Crippen LogP contribution in [0.25, 0.3) is 22.2 Å². The fraction of sp³-hybridized carbons (Fsp3) is 0.353. The summed E-state index contributed by atoms with van der Waals surface area (Å²) in [5.41, 5.74) is 5.42. The van der Waals surface area contributed by atoms with E-state index in [2.05, 4.69) is 49.6 Å². The summed E-state index contributed by atoms with van der Waals surface area (Å²) in [7, 11) is 0. The minimum Gasteiger partial charge on any atom is -0.317 e. The van der Waals surface area contributed by atoms with Gasteiger partial charge in [0.25, 0.3) is 0 Å². The minimum absolute atomic E-state index is 0.456. The third kappa shape index (κ3) is 2.27. The maximum atomic E-state index is 4.40. The largest absolute Gasteiger partial charge is 0.317 e. The van der Waals surface area contributed by atoms with Gasteiger partial charge in [0.2, 0.25) is 0 Å². The summed E-state index contributed by atoms with van der Waals surface area (Å²) in [5.74, 6) is 0. The zero-order chi connectivity index (χ0) is 14.9. The zero-order valence-corrected chi connectivity index (χ0v) is 12.7. The molecule has 5 heteroatoms. The Morgan fingerprint density at radius 1 is 1.18 bits per heavy atom. The lowest BCUT2D eigenvalue weighted by atomic mass is 10.0. The van der Waals surface area contributed by atoms with Crippen LogP contribution in [0.2, 0.25) is 0 Å². The molecule has 1 aromatic carbocycles. The Balaban J connectivity index is 1.75. The summed E-state index contributed by atoms with van der Waals surface area (Å²) in [6.07, 6.45) is 4.05. The molecule has 4 rings (SSSR count). The van der Waals surface area contributed by atoms with Gasteiger partial charge in [0, 0.05) is 17.5 Å². The van der Waals surface area contributed by atoms with E-state index in [-0.39, 0.29) is 0 Å². The number of aromatic nitrogens is 4. The van der Waals surface area contributed by atoms with Gasteiger partial charge in [-0.05, 0) is 56.6 Å². The normalized spacial score (nSPS) is 16.2. The summed E-state index contributed by atoms with van der Waals surface area (Å²) < 4.78 is 2.09. The molecule has 1 N–H and O–H groups in total. The second kappa shape index (κ2) is 5.50. The van der Waals surface area contributed by atoms with Crippen molar-refractivity contribution in [3.05, 3.63) is 42.2 Å². The molecule has 0 spiro atoms. The van der Waals surface area contributed by atoms with Gasteiger partial charge in [0.05, 0.1) is 11.6 Å². The smallest absolute Gasteiger partial charge is 0.113 e. The fourth-order valence-corrected chi connectivity index (χ4v) is 3.22. The summed E-state index contributed by atoms with van der Waals surface area (Å²) in [5, 5.41) is 12.2. The minimum atomic E-state index is 0.456. The van der Waals surface area contributed by atoms with E-state index in [0.29, 0.717) is 6.04 Å². The van der Waals surface area contributed by atoms with E-state index in [1.54, 1.807) is 0 Å². The van der Waals surface area contributed by atoms with Gasteiger partial charge in [-0.3, -0.25) is 4.98 Å². The van der Waals surface area contributed by atoms with Crippen molar-refractivity contribution in [2.45, 2.75) is 25.8 Å². The van der Waals surface area contributed by atoms with E-state index in [1.165, 1.54) is 0 Å². The van der Waals surface area contributed by atoms with E-state index in [4.69, 9.17) is 0 Å². The summed E-state index contributed by atoms with van der Waals surface area (Å²) in [6.45, 7) is 4.14. The van der Waals surface area contributed by atoms with Crippen molar-refractivity contribution in [3.63, 3.8) is 0 Å². The second-order valence-corrected chi connectivity index (χ2v) is 5.86. The van der Waals surface area contributed by atoms with Crippen LogP contribution in [-0.2, 0) is 0 Å². The first-order valence-electron chi connectivity index (χ1n) is 7.80. The van der Waals surface area contributed by atoms with Crippen molar-refractivity contribution in [3.8, 4) is 11.1 Å². The number of nitrogens with zero attached hydrogens (tertiary/aromatic N) is 4. The van der Waals surface area contributed by atoms with Crippen LogP contribution in [0.4, 0.5) is 0 Å². The van der Waals surface area contributed by atoms with Crippen LogP contribution in [0.1, 0.15) is 24.6 Å². The molecule has 1 saturated heterocycles. The number of hydrogen-bond acceptors (Lipinski definition) is 4. The number of fused-ring (bicyclic) bond motifs is 1. The quantitative estimate of drug-likeness (QED) is 0.789. The first-order valence-corrected chi connectivity index (χ1v) is 7.80. The predicted octanol–water partition coefficient (Wildman–Crippen LogP) is 2.73. The highest BCUT2D eigenvalue weighted by molar-refractivity contribution is 5.82. The third-order valence-corrected chi connectivity index (χ3v) is 4.44. The van der Waals surface area contributed by atoms with Crippen molar-refractivity contribution in [2.75, 3.05) is 13.1 Å². The summed E-state index contributed by atoms with van der Waals surface area (Å²) in [6, 6.07) is 10.9. The highest BCUT2D eigenvalue weighted by atomic mass is 15.4. The molecule has 0 amide bonds. The van der Waals surface area contributed by atoms with E-state index in [9.17, 15) is 0 Å². The average molecular weight is 293 g/mol. The molecule has 0 atom stereocenters. The van der Waals surface area contributed by atoms with Crippen molar-refractivity contribution in [1.29, 1.82) is 0 Å². The first-order chi connectivity index (χ1) is 10.8. The SMILES string of the molecule is Cc1ncccc1-c1ccc2c(c1)nnn2C1CCNCC1. The number of piperidine rings is 1. The number of aryl methyl sites for hydroxylation is 1. The number of hydrogen-bond donors (Lipinski definition) is 1. The standard InChI is InChI=1S/C17H19N5/c1-12-15(3-2-8-19-12)13-4-5-17-16(11-13)20-21-22(17)14-6-9-18-10-7-14/h2-5,8,11,14,18H,6-7,9-10H2,1H3. The Morgan fingerprint density at radius 2 is 2.05 bits per heavy atom. The molecule has 0 radical (unpaired) electrons. The van der Waals surface area contributed by atoms with Gasteiger partial charge in [-0.25, -0.2) is 4.68 Å². The molecule has 22 heavy (non-hydrogen) atoms. The number of nitrogens with one attached hydrogen (secondary N) is 1. The number of rotatable bonds is 2. The lowest BCUT2D eigenvalue weighted by molar-refractivity contribution is 0.345. The molecule has 0 unspecified atom stereocenters. The highest BCUT2D eigenvalue weighted by Crippen LogP contribution is 2.27. The number of pyridine rings is 1. The van der Waals surface area contributed by atoms with Crippen molar-refractivity contribution in [2.24, 2.45) is 0 Å². The summed E-state index contributed by atoms with van der Waals surface area (Å²) >= 11 is 0. The van der Waals surface area contributed by atoms with Crippen LogP contribution in [0.5, 0.6) is 0 Å². The Kier molecular flexibility index (Phi) is 3.35. The van der Waals surface area contributed by atoms with Gasteiger partial charge in [0.15, 0.2) is 0 Å². The van der Waals surface area contributed by atoms with Crippen molar-refractivity contribution >= 4 is 11.0 Å². The van der Waals surface area contributed by atoms with Gasteiger partial charge in [-0.1, -0.05) is 17.3 Å². The molecular formula is C17H19N5. The van der Waals surface area contributed by atoms with Gasteiger partial charge in [-0.15, -0.1) is 5.10 Å². The lowest BCUT2D eigenvalue weighted by Gasteiger charge is -2.22. The molecule has 0 aliphatic carbocycles. The lowest BCUT2D eigenvalue weighted by Crippen LogP contribution is -2.29.